The van der Waals surface area contributed by atoms with E-state index in [1.165, 1.54) is 7.11 Å². The van der Waals surface area contributed by atoms with E-state index in [0.717, 1.165) is 12.8 Å². The zero-order valence-electron chi connectivity index (χ0n) is 10.2. The molecule has 16 heavy (non-hydrogen) atoms. The van der Waals surface area contributed by atoms with Gasteiger partial charge >= 0.3 is 0 Å². The minimum atomic E-state index is -3.21. The lowest BCUT2D eigenvalue weighted by Crippen LogP contribution is -2.55. The monoisotopic (exact) mass is 250 g/mol. The average molecular weight is 250 g/mol. The highest BCUT2D eigenvalue weighted by atomic mass is 32.2. The molecule has 0 spiro atoms. The summed E-state index contributed by atoms with van der Waals surface area (Å²) in [6.07, 6.45) is 1.89. The van der Waals surface area contributed by atoms with Gasteiger partial charge in [-0.25, -0.2) is 13.1 Å². The molecule has 1 aliphatic rings. The number of nitrogens with one attached hydrogen (secondary N) is 2. The summed E-state index contributed by atoms with van der Waals surface area (Å²) in [5.41, 5.74) is 0. The van der Waals surface area contributed by atoms with Gasteiger partial charge in [0.1, 0.15) is 0 Å². The molecular weight excluding hydrogens is 228 g/mol. The second-order valence-corrected chi connectivity index (χ2v) is 6.34. The van der Waals surface area contributed by atoms with Crippen LogP contribution in [0.2, 0.25) is 0 Å². The van der Waals surface area contributed by atoms with E-state index < -0.39 is 10.0 Å². The summed E-state index contributed by atoms with van der Waals surface area (Å²) < 4.78 is 30.8. The Hall–Kier alpha value is -0.170. The van der Waals surface area contributed by atoms with E-state index in [-0.39, 0.29) is 24.4 Å². The Bertz CT molecular complexity index is 305. The van der Waals surface area contributed by atoms with Gasteiger partial charge in [-0.05, 0) is 26.7 Å². The van der Waals surface area contributed by atoms with Crippen LogP contribution in [0.25, 0.3) is 0 Å². The number of sulfonamides is 1. The van der Waals surface area contributed by atoms with Gasteiger partial charge in [-0.1, -0.05) is 0 Å². The van der Waals surface area contributed by atoms with Gasteiger partial charge in [0.05, 0.1) is 12.4 Å². The first kappa shape index (κ1) is 13.9. The Labute approximate surface area is 98.0 Å². The Balaban J connectivity index is 2.47. The third-order valence-electron chi connectivity index (χ3n) is 2.95. The van der Waals surface area contributed by atoms with E-state index in [4.69, 9.17) is 4.74 Å². The van der Waals surface area contributed by atoms with Crippen LogP contribution in [0.3, 0.4) is 0 Å². The number of methoxy groups -OCH3 is 1. The minimum absolute atomic E-state index is 0.00180. The van der Waals surface area contributed by atoms with Crippen molar-refractivity contribution in [3.8, 4) is 0 Å². The van der Waals surface area contributed by atoms with Crippen LogP contribution in [0.4, 0.5) is 0 Å². The normalized spacial score (nSPS) is 31.6. The molecule has 96 valence electrons. The standard InChI is InChI=1S/C10H22N2O3S/c1-8-4-5-10(9(2)11-8)12-16(13,14)7-6-15-3/h8-12H,4-7H2,1-3H3. The Morgan fingerprint density at radius 2 is 2.06 bits per heavy atom. The third-order valence-corrected chi connectivity index (χ3v) is 4.31. The molecule has 1 aliphatic heterocycles. The fourth-order valence-electron chi connectivity index (χ4n) is 1.97. The first-order valence-corrected chi connectivity index (χ1v) is 7.35. The van der Waals surface area contributed by atoms with Crippen molar-refractivity contribution in [1.29, 1.82) is 0 Å². The predicted molar refractivity (Wildman–Crippen MR) is 63.9 cm³/mol. The molecule has 0 aromatic rings. The zero-order chi connectivity index (χ0) is 12.2. The van der Waals surface area contributed by atoms with Crippen molar-refractivity contribution in [3.05, 3.63) is 0 Å². The van der Waals surface area contributed by atoms with Gasteiger partial charge in [0.15, 0.2) is 0 Å². The number of hydrogen-bond acceptors (Lipinski definition) is 4. The molecule has 0 saturated carbocycles. The maximum Gasteiger partial charge on any atom is 0.214 e. The molecule has 1 fully saturated rings. The Morgan fingerprint density at radius 1 is 1.38 bits per heavy atom. The fraction of sp³-hybridized carbons (Fsp3) is 1.00. The van der Waals surface area contributed by atoms with Crippen molar-refractivity contribution >= 4 is 10.0 Å². The van der Waals surface area contributed by atoms with Gasteiger partial charge in [-0.2, -0.15) is 0 Å². The Kier molecular flexibility index (Phi) is 5.17. The molecule has 1 saturated heterocycles. The van der Waals surface area contributed by atoms with Crippen molar-refractivity contribution in [2.45, 2.75) is 44.8 Å². The third kappa shape index (κ3) is 4.37. The van der Waals surface area contributed by atoms with E-state index in [9.17, 15) is 8.42 Å². The SMILES string of the molecule is COCCS(=O)(=O)NC1CCC(C)NC1C. The molecule has 3 atom stereocenters. The van der Waals surface area contributed by atoms with Crippen molar-refractivity contribution in [3.63, 3.8) is 0 Å². The molecule has 0 aliphatic carbocycles. The molecule has 0 bridgehead atoms. The molecule has 5 nitrogen and oxygen atoms in total. The molecule has 0 amide bonds. The lowest BCUT2D eigenvalue weighted by molar-refractivity contribution is 0.216. The molecule has 6 heteroatoms. The van der Waals surface area contributed by atoms with E-state index in [0.29, 0.717) is 6.04 Å². The number of rotatable bonds is 5. The molecule has 3 unspecified atom stereocenters. The average Bonchev–Trinajstić information content (AvgIpc) is 2.19. The lowest BCUT2D eigenvalue weighted by Gasteiger charge is -2.34. The second-order valence-electron chi connectivity index (χ2n) is 4.47. The lowest BCUT2D eigenvalue weighted by atomic mass is 9.96. The van der Waals surface area contributed by atoms with Crippen LogP contribution in [-0.2, 0) is 14.8 Å². The minimum Gasteiger partial charge on any atom is -0.384 e. The summed E-state index contributed by atoms with van der Waals surface area (Å²) >= 11 is 0. The number of hydrogen-bond donors (Lipinski definition) is 2. The van der Waals surface area contributed by atoms with Crippen LogP contribution in [0.5, 0.6) is 0 Å². The highest BCUT2D eigenvalue weighted by molar-refractivity contribution is 7.89. The summed E-state index contributed by atoms with van der Waals surface area (Å²) in [7, 11) is -1.71. The van der Waals surface area contributed by atoms with Crippen molar-refractivity contribution in [2.24, 2.45) is 0 Å². The zero-order valence-corrected chi connectivity index (χ0v) is 11.0. The van der Waals surface area contributed by atoms with Crippen LogP contribution in [0.15, 0.2) is 0 Å². The molecule has 0 aromatic heterocycles. The fourth-order valence-corrected chi connectivity index (χ4v) is 3.26. The quantitative estimate of drug-likeness (QED) is 0.725. The van der Waals surface area contributed by atoms with E-state index >= 15 is 0 Å². The van der Waals surface area contributed by atoms with Gasteiger partial charge in [-0.3, -0.25) is 0 Å². The molecule has 1 heterocycles. The van der Waals surface area contributed by atoms with E-state index in [2.05, 4.69) is 17.0 Å². The highest BCUT2D eigenvalue weighted by Crippen LogP contribution is 2.13. The van der Waals surface area contributed by atoms with Crippen LogP contribution in [0, 0.1) is 0 Å². The van der Waals surface area contributed by atoms with Crippen molar-refractivity contribution in [1.82, 2.24) is 10.0 Å². The first-order valence-electron chi connectivity index (χ1n) is 5.69. The van der Waals surface area contributed by atoms with Crippen molar-refractivity contribution in [2.75, 3.05) is 19.5 Å². The topological polar surface area (TPSA) is 67.4 Å². The Morgan fingerprint density at radius 3 is 2.62 bits per heavy atom. The highest BCUT2D eigenvalue weighted by Gasteiger charge is 2.27. The first-order chi connectivity index (χ1) is 7.44. The van der Waals surface area contributed by atoms with Gasteiger partial charge in [0.2, 0.25) is 10.0 Å². The summed E-state index contributed by atoms with van der Waals surface area (Å²) in [6, 6.07) is 0.647. The van der Waals surface area contributed by atoms with Gasteiger partial charge in [0.25, 0.3) is 0 Å². The van der Waals surface area contributed by atoms with Gasteiger partial charge < -0.3 is 10.1 Å². The van der Waals surface area contributed by atoms with E-state index in [1.54, 1.807) is 0 Å². The second kappa shape index (κ2) is 5.95. The summed E-state index contributed by atoms with van der Waals surface area (Å²) in [5, 5.41) is 3.35. The van der Waals surface area contributed by atoms with Crippen LogP contribution in [-0.4, -0.2) is 46.0 Å². The van der Waals surface area contributed by atoms with Crippen LogP contribution < -0.4 is 10.0 Å². The molecule has 0 aromatic carbocycles. The number of piperidine rings is 1. The number of ether oxygens (including phenoxy) is 1. The van der Waals surface area contributed by atoms with E-state index in [1.807, 2.05) is 6.92 Å². The predicted octanol–water partition coefficient (Wildman–Crippen LogP) is 0.0812. The van der Waals surface area contributed by atoms with Crippen LogP contribution in [0.1, 0.15) is 26.7 Å². The largest absolute Gasteiger partial charge is 0.384 e. The summed E-state index contributed by atoms with van der Waals surface area (Å²) in [6.45, 7) is 4.37. The summed E-state index contributed by atoms with van der Waals surface area (Å²) in [4.78, 5) is 0. The maximum atomic E-state index is 11.7. The summed E-state index contributed by atoms with van der Waals surface area (Å²) in [5.74, 6) is 0.0300. The smallest absolute Gasteiger partial charge is 0.214 e. The molecule has 2 N–H and O–H groups in total. The van der Waals surface area contributed by atoms with Gasteiger partial charge in [0, 0.05) is 25.2 Å². The molecular formula is C10H22N2O3S. The van der Waals surface area contributed by atoms with Crippen LogP contribution >= 0.6 is 0 Å². The maximum absolute atomic E-state index is 11.7. The molecule has 0 radical (unpaired) electrons. The molecule has 1 rings (SSSR count). The van der Waals surface area contributed by atoms with Crippen molar-refractivity contribution < 1.29 is 13.2 Å². The van der Waals surface area contributed by atoms with Gasteiger partial charge in [-0.15, -0.1) is 0 Å².